The van der Waals surface area contributed by atoms with Crippen LogP contribution in [0.4, 0.5) is 0 Å². The van der Waals surface area contributed by atoms with Gasteiger partial charge < -0.3 is 14.3 Å². The number of benzene rings is 1. The van der Waals surface area contributed by atoms with E-state index < -0.39 is 0 Å². The molecule has 0 radical (unpaired) electrons. The van der Waals surface area contributed by atoms with Gasteiger partial charge in [-0.3, -0.25) is 0 Å². The molecule has 2 rings (SSSR count). The van der Waals surface area contributed by atoms with Gasteiger partial charge in [-0.1, -0.05) is 13.8 Å². The van der Waals surface area contributed by atoms with Gasteiger partial charge in [-0.15, -0.1) is 0 Å². The van der Waals surface area contributed by atoms with E-state index in [9.17, 15) is 0 Å². The topological polar surface area (TPSA) is 39.7 Å². The molecular weight excluding hydrogens is 286 g/mol. The molecule has 0 saturated heterocycles. The summed E-state index contributed by atoms with van der Waals surface area (Å²) in [7, 11) is 1.61. The van der Waals surface area contributed by atoms with Crippen molar-refractivity contribution in [3.8, 4) is 11.5 Å². The highest BCUT2D eigenvalue weighted by atomic mass is 79.9. The molecule has 1 N–H and O–H groups in total. The smallest absolute Gasteiger partial charge is 0.231 e. The molecule has 17 heavy (non-hydrogen) atoms. The molecule has 5 heteroatoms. The van der Waals surface area contributed by atoms with Crippen LogP contribution in [-0.4, -0.2) is 13.9 Å². The molecule has 1 aliphatic rings. The average molecular weight is 302 g/mol. The van der Waals surface area contributed by atoms with Crippen LogP contribution in [-0.2, 0) is 11.4 Å². The Kier molecular flexibility index (Phi) is 3.91. The Morgan fingerprint density at radius 1 is 1.47 bits per heavy atom. The van der Waals surface area contributed by atoms with Crippen LogP contribution in [0.3, 0.4) is 0 Å². The summed E-state index contributed by atoms with van der Waals surface area (Å²) in [4.78, 5) is 4.90. The fourth-order valence-corrected chi connectivity index (χ4v) is 3.01. The van der Waals surface area contributed by atoms with E-state index in [2.05, 4.69) is 35.3 Å². The quantitative estimate of drug-likeness (QED) is 0.868. The Balaban J connectivity index is 2.45. The standard InChI is InChI=1S/C12H16BrNO3/c1-7(2)10-8(5-14-15-3)4-9-12(11(10)13)17-6-16-9/h4,7,14H,5-6H2,1-3H3. The third-order valence-electron chi connectivity index (χ3n) is 2.71. The lowest BCUT2D eigenvalue weighted by Crippen LogP contribution is -2.13. The van der Waals surface area contributed by atoms with Crippen LogP contribution in [0.25, 0.3) is 0 Å². The summed E-state index contributed by atoms with van der Waals surface area (Å²) in [5, 5.41) is 0. The van der Waals surface area contributed by atoms with E-state index in [0.29, 0.717) is 12.5 Å². The van der Waals surface area contributed by atoms with Gasteiger partial charge in [0.1, 0.15) is 0 Å². The van der Waals surface area contributed by atoms with Gasteiger partial charge in [-0.25, -0.2) is 0 Å². The second-order valence-corrected chi connectivity index (χ2v) is 4.97. The highest BCUT2D eigenvalue weighted by Gasteiger charge is 2.23. The number of rotatable bonds is 4. The summed E-state index contributed by atoms with van der Waals surface area (Å²) in [6.45, 7) is 5.23. The number of hydrogen-bond donors (Lipinski definition) is 1. The monoisotopic (exact) mass is 301 g/mol. The lowest BCUT2D eigenvalue weighted by atomic mass is 9.96. The maximum Gasteiger partial charge on any atom is 0.231 e. The molecule has 94 valence electrons. The molecular formula is C12H16BrNO3. The van der Waals surface area contributed by atoms with Crippen molar-refractivity contribution in [3.63, 3.8) is 0 Å². The van der Waals surface area contributed by atoms with Crippen molar-refractivity contribution in [2.24, 2.45) is 0 Å². The van der Waals surface area contributed by atoms with Gasteiger partial charge >= 0.3 is 0 Å². The van der Waals surface area contributed by atoms with Crippen LogP contribution in [0, 0.1) is 0 Å². The third kappa shape index (κ3) is 2.41. The SMILES string of the molecule is CONCc1cc2c(c(Br)c1C(C)C)OCO2. The highest BCUT2D eigenvalue weighted by molar-refractivity contribution is 9.10. The van der Waals surface area contributed by atoms with E-state index in [4.69, 9.17) is 14.3 Å². The first kappa shape index (κ1) is 12.7. The summed E-state index contributed by atoms with van der Waals surface area (Å²) in [5.41, 5.74) is 5.23. The number of hydroxylamine groups is 1. The first-order chi connectivity index (χ1) is 8.15. The zero-order valence-electron chi connectivity index (χ0n) is 10.2. The van der Waals surface area contributed by atoms with Crippen molar-refractivity contribution >= 4 is 15.9 Å². The zero-order valence-corrected chi connectivity index (χ0v) is 11.8. The van der Waals surface area contributed by atoms with Crippen LogP contribution in [0.15, 0.2) is 10.5 Å². The minimum Gasteiger partial charge on any atom is -0.454 e. The Morgan fingerprint density at radius 3 is 2.88 bits per heavy atom. The maximum absolute atomic E-state index is 5.46. The number of halogens is 1. The third-order valence-corrected chi connectivity index (χ3v) is 3.50. The predicted molar refractivity (Wildman–Crippen MR) is 68.2 cm³/mol. The van der Waals surface area contributed by atoms with Crippen molar-refractivity contribution < 1.29 is 14.3 Å². The number of ether oxygens (including phenoxy) is 2. The minimum absolute atomic E-state index is 0.284. The summed E-state index contributed by atoms with van der Waals surface area (Å²) >= 11 is 3.60. The summed E-state index contributed by atoms with van der Waals surface area (Å²) in [6, 6.07) is 2.01. The fraction of sp³-hybridized carbons (Fsp3) is 0.500. The second-order valence-electron chi connectivity index (χ2n) is 4.18. The number of nitrogens with one attached hydrogen (secondary N) is 1. The Hall–Kier alpha value is -0.780. The molecule has 1 aliphatic heterocycles. The van der Waals surface area contributed by atoms with Crippen molar-refractivity contribution in [2.75, 3.05) is 13.9 Å². The molecule has 4 nitrogen and oxygen atoms in total. The van der Waals surface area contributed by atoms with Gasteiger partial charge in [-0.2, -0.15) is 5.48 Å². The van der Waals surface area contributed by atoms with Crippen molar-refractivity contribution in [3.05, 3.63) is 21.7 Å². The summed E-state index contributed by atoms with van der Waals surface area (Å²) in [5.74, 6) is 1.98. The van der Waals surface area contributed by atoms with E-state index in [-0.39, 0.29) is 6.79 Å². The molecule has 0 bridgehead atoms. The molecule has 0 aromatic heterocycles. The Bertz CT molecular complexity index is 421. The lowest BCUT2D eigenvalue weighted by Gasteiger charge is -2.16. The molecule has 0 saturated carbocycles. The Labute approximate surface area is 109 Å². The van der Waals surface area contributed by atoms with Crippen molar-refractivity contribution in [2.45, 2.75) is 26.3 Å². The average Bonchev–Trinajstić information content (AvgIpc) is 2.74. The molecule has 0 fully saturated rings. The first-order valence-corrected chi connectivity index (χ1v) is 6.31. The lowest BCUT2D eigenvalue weighted by molar-refractivity contribution is 0.0864. The van der Waals surface area contributed by atoms with Gasteiger partial charge in [0.2, 0.25) is 6.79 Å². The summed E-state index contributed by atoms with van der Waals surface area (Å²) in [6.07, 6.45) is 0. The fourth-order valence-electron chi connectivity index (χ4n) is 1.99. The van der Waals surface area contributed by atoms with Crippen molar-refractivity contribution in [1.29, 1.82) is 0 Å². The number of fused-ring (bicyclic) bond motifs is 1. The minimum atomic E-state index is 0.284. The highest BCUT2D eigenvalue weighted by Crippen LogP contribution is 2.45. The predicted octanol–water partition coefficient (Wildman–Crippen LogP) is 2.95. The molecule has 1 heterocycles. The first-order valence-electron chi connectivity index (χ1n) is 5.51. The molecule has 1 aromatic rings. The van der Waals surface area contributed by atoms with E-state index in [1.54, 1.807) is 7.11 Å². The van der Waals surface area contributed by atoms with E-state index in [0.717, 1.165) is 21.5 Å². The normalized spacial score (nSPS) is 13.5. The molecule has 1 aromatic carbocycles. The largest absolute Gasteiger partial charge is 0.454 e. The molecule has 0 atom stereocenters. The Morgan fingerprint density at radius 2 is 2.24 bits per heavy atom. The van der Waals surface area contributed by atoms with Gasteiger partial charge in [0.15, 0.2) is 11.5 Å². The molecule has 0 amide bonds. The van der Waals surface area contributed by atoms with E-state index in [1.807, 2.05) is 6.07 Å². The van der Waals surface area contributed by atoms with Gasteiger partial charge in [0.05, 0.1) is 11.6 Å². The van der Waals surface area contributed by atoms with Gasteiger partial charge in [0, 0.05) is 6.54 Å². The molecule has 0 spiro atoms. The van der Waals surface area contributed by atoms with Gasteiger partial charge in [0.25, 0.3) is 0 Å². The van der Waals surface area contributed by atoms with Crippen LogP contribution >= 0.6 is 15.9 Å². The van der Waals surface area contributed by atoms with Crippen LogP contribution in [0.1, 0.15) is 30.9 Å². The maximum atomic E-state index is 5.46. The van der Waals surface area contributed by atoms with E-state index >= 15 is 0 Å². The zero-order chi connectivity index (χ0) is 12.4. The van der Waals surface area contributed by atoms with E-state index in [1.165, 1.54) is 5.56 Å². The molecule has 0 unspecified atom stereocenters. The van der Waals surface area contributed by atoms with Crippen molar-refractivity contribution in [1.82, 2.24) is 5.48 Å². The number of hydrogen-bond acceptors (Lipinski definition) is 4. The van der Waals surface area contributed by atoms with Crippen LogP contribution in [0.5, 0.6) is 11.5 Å². The van der Waals surface area contributed by atoms with Crippen LogP contribution < -0.4 is 15.0 Å². The molecule has 0 aliphatic carbocycles. The summed E-state index contributed by atoms with van der Waals surface area (Å²) < 4.78 is 11.9. The van der Waals surface area contributed by atoms with Crippen LogP contribution in [0.2, 0.25) is 0 Å². The second kappa shape index (κ2) is 5.25. The van der Waals surface area contributed by atoms with Gasteiger partial charge in [-0.05, 0) is 39.0 Å².